The van der Waals surface area contributed by atoms with Gasteiger partial charge in [0.1, 0.15) is 5.76 Å². The quantitative estimate of drug-likeness (QED) is 0.763. The van der Waals surface area contributed by atoms with Gasteiger partial charge in [-0.3, -0.25) is 9.69 Å². The largest absolute Gasteiger partial charge is 0.469 e. The number of aryl methyl sites for hydroxylation is 2. The maximum atomic E-state index is 12.2. The molecule has 0 bridgehead atoms. The number of amides is 1. The van der Waals surface area contributed by atoms with Crippen molar-refractivity contribution in [2.45, 2.75) is 39.7 Å². The van der Waals surface area contributed by atoms with Crippen molar-refractivity contribution < 1.29 is 9.21 Å². The molecule has 24 heavy (non-hydrogen) atoms. The summed E-state index contributed by atoms with van der Waals surface area (Å²) < 4.78 is 5.27. The number of benzene rings is 1. The van der Waals surface area contributed by atoms with Gasteiger partial charge >= 0.3 is 0 Å². The fourth-order valence-corrected chi connectivity index (χ4v) is 2.90. The van der Waals surface area contributed by atoms with Gasteiger partial charge < -0.3 is 9.73 Å². The normalized spacial score (nSPS) is 12.3. The van der Waals surface area contributed by atoms with Crippen LogP contribution in [-0.4, -0.2) is 30.4 Å². The molecule has 2 aromatic rings. The number of carbonyl (C=O) groups is 1. The Hall–Kier alpha value is -2.07. The summed E-state index contributed by atoms with van der Waals surface area (Å²) >= 11 is 0. The van der Waals surface area contributed by atoms with Crippen molar-refractivity contribution in [1.29, 1.82) is 0 Å². The van der Waals surface area contributed by atoms with Crippen molar-refractivity contribution in [2.24, 2.45) is 0 Å². The first kappa shape index (κ1) is 18.3. The van der Waals surface area contributed by atoms with E-state index in [0.29, 0.717) is 19.4 Å². The van der Waals surface area contributed by atoms with Crippen LogP contribution in [-0.2, 0) is 11.2 Å². The number of rotatable bonds is 9. The first-order chi connectivity index (χ1) is 11.6. The van der Waals surface area contributed by atoms with Crippen molar-refractivity contribution in [3.05, 3.63) is 59.5 Å². The zero-order valence-electron chi connectivity index (χ0n) is 14.9. The predicted octanol–water partition coefficient (Wildman–Crippen LogP) is 3.72. The molecule has 1 aromatic carbocycles. The van der Waals surface area contributed by atoms with Crippen LogP contribution in [0.15, 0.2) is 47.1 Å². The predicted molar refractivity (Wildman–Crippen MR) is 96.9 cm³/mol. The number of carbonyl (C=O) groups excluding carboxylic acids is 1. The molecule has 1 N–H and O–H groups in total. The second-order valence-electron chi connectivity index (χ2n) is 6.03. The Bertz CT molecular complexity index is 601. The Morgan fingerprint density at radius 1 is 1.17 bits per heavy atom. The maximum Gasteiger partial charge on any atom is 0.220 e. The van der Waals surface area contributed by atoms with Crippen LogP contribution in [0.1, 0.15) is 43.2 Å². The van der Waals surface area contributed by atoms with Crippen LogP contribution in [0.3, 0.4) is 0 Å². The SMILES string of the molecule is CCN(CC)C(CNC(=O)CCc1ccco1)c1ccc(C)cc1. The highest BCUT2D eigenvalue weighted by Gasteiger charge is 2.18. The van der Waals surface area contributed by atoms with Crippen LogP contribution in [0.4, 0.5) is 0 Å². The van der Waals surface area contributed by atoms with E-state index in [2.05, 4.69) is 55.3 Å². The standard InChI is InChI=1S/C20H28N2O2/c1-4-22(5-2)19(17-10-8-16(3)9-11-17)15-21-20(23)13-12-18-7-6-14-24-18/h6-11,14,19H,4-5,12-13,15H2,1-3H3,(H,21,23). The molecule has 0 aliphatic carbocycles. The molecular weight excluding hydrogens is 300 g/mol. The van der Waals surface area contributed by atoms with Crippen LogP contribution >= 0.6 is 0 Å². The molecule has 1 aromatic heterocycles. The average molecular weight is 328 g/mol. The Labute approximate surface area is 144 Å². The molecule has 0 aliphatic rings. The highest BCUT2D eigenvalue weighted by Crippen LogP contribution is 2.20. The first-order valence-electron chi connectivity index (χ1n) is 8.73. The van der Waals surface area contributed by atoms with Crippen LogP contribution in [0.5, 0.6) is 0 Å². The Morgan fingerprint density at radius 2 is 1.88 bits per heavy atom. The molecule has 0 saturated carbocycles. The van der Waals surface area contributed by atoms with E-state index >= 15 is 0 Å². The first-order valence-corrected chi connectivity index (χ1v) is 8.73. The van der Waals surface area contributed by atoms with Crippen LogP contribution in [0.2, 0.25) is 0 Å². The second-order valence-corrected chi connectivity index (χ2v) is 6.03. The molecular formula is C20H28N2O2. The van der Waals surface area contributed by atoms with Gasteiger partial charge in [0.05, 0.1) is 12.3 Å². The molecule has 1 unspecified atom stereocenters. The zero-order chi connectivity index (χ0) is 17.4. The molecule has 0 fully saturated rings. The van der Waals surface area contributed by atoms with E-state index in [1.165, 1.54) is 11.1 Å². The molecule has 4 nitrogen and oxygen atoms in total. The minimum atomic E-state index is 0.0654. The third kappa shape index (κ3) is 5.24. The van der Waals surface area contributed by atoms with Gasteiger partial charge in [0.2, 0.25) is 5.91 Å². The zero-order valence-corrected chi connectivity index (χ0v) is 14.9. The van der Waals surface area contributed by atoms with Crippen molar-refractivity contribution >= 4 is 5.91 Å². The maximum absolute atomic E-state index is 12.2. The fraction of sp³-hybridized carbons (Fsp3) is 0.450. The lowest BCUT2D eigenvalue weighted by molar-refractivity contribution is -0.121. The summed E-state index contributed by atoms with van der Waals surface area (Å²) in [4.78, 5) is 14.5. The molecule has 2 rings (SSSR count). The minimum absolute atomic E-state index is 0.0654. The minimum Gasteiger partial charge on any atom is -0.469 e. The highest BCUT2D eigenvalue weighted by atomic mass is 16.3. The van der Waals surface area contributed by atoms with Gasteiger partial charge in [-0.05, 0) is 37.7 Å². The van der Waals surface area contributed by atoms with Crippen molar-refractivity contribution in [2.75, 3.05) is 19.6 Å². The Balaban J connectivity index is 1.94. The lowest BCUT2D eigenvalue weighted by atomic mass is 10.0. The number of nitrogens with zero attached hydrogens (tertiary/aromatic N) is 1. The lowest BCUT2D eigenvalue weighted by Gasteiger charge is -2.30. The fourth-order valence-electron chi connectivity index (χ4n) is 2.90. The van der Waals surface area contributed by atoms with Gasteiger partial charge in [-0.1, -0.05) is 43.7 Å². The van der Waals surface area contributed by atoms with Crippen LogP contribution in [0, 0.1) is 6.92 Å². The number of likely N-dealkylation sites (N-methyl/N-ethyl adjacent to an activating group) is 1. The van der Waals surface area contributed by atoms with Gasteiger partial charge in [0.25, 0.3) is 0 Å². The summed E-state index contributed by atoms with van der Waals surface area (Å²) in [6.45, 7) is 8.94. The third-order valence-electron chi connectivity index (χ3n) is 4.39. The molecule has 1 amide bonds. The van der Waals surface area contributed by atoms with Crippen LogP contribution in [0.25, 0.3) is 0 Å². The van der Waals surface area contributed by atoms with Crippen molar-refractivity contribution in [3.63, 3.8) is 0 Å². The average Bonchev–Trinajstić information content (AvgIpc) is 3.11. The summed E-state index contributed by atoms with van der Waals surface area (Å²) in [7, 11) is 0. The van der Waals surface area contributed by atoms with Gasteiger partial charge in [0.15, 0.2) is 0 Å². The number of furan rings is 1. The van der Waals surface area contributed by atoms with Gasteiger partial charge in [-0.15, -0.1) is 0 Å². The third-order valence-corrected chi connectivity index (χ3v) is 4.39. The number of nitrogens with one attached hydrogen (secondary N) is 1. The van der Waals surface area contributed by atoms with Gasteiger partial charge in [-0.25, -0.2) is 0 Å². The second kappa shape index (κ2) is 9.28. The molecule has 4 heteroatoms. The van der Waals surface area contributed by atoms with Gasteiger partial charge in [-0.2, -0.15) is 0 Å². The molecule has 0 saturated heterocycles. The van der Waals surface area contributed by atoms with Crippen LogP contribution < -0.4 is 5.32 Å². The summed E-state index contributed by atoms with van der Waals surface area (Å²) in [6, 6.07) is 12.5. The Kier molecular flexibility index (Phi) is 7.07. The molecule has 0 aliphatic heterocycles. The van der Waals surface area contributed by atoms with Crippen molar-refractivity contribution in [3.8, 4) is 0 Å². The number of hydrogen-bond donors (Lipinski definition) is 1. The molecule has 0 radical (unpaired) electrons. The van der Waals surface area contributed by atoms with E-state index in [1.54, 1.807) is 6.26 Å². The monoisotopic (exact) mass is 328 g/mol. The van der Waals surface area contributed by atoms with E-state index in [4.69, 9.17) is 4.42 Å². The molecule has 1 atom stereocenters. The van der Waals surface area contributed by atoms with E-state index in [-0.39, 0.29) is 11.9 Å². The number of hydrogen-bond acceptors (Lipinski definition) is 3. The van der Waals surface area contributed by atoms with E-state index < -0.39 is 0 Å². The van der Waals surface area contributed by atoms with E-state index in [9.17, 15) is 4.79 Å². The molecule has 1 heterocycles. The Morgan fingerprint density at radius 3 is 2.46 bits per heavy atom. The van der Waals surface area contributed by atoms with E-state index in [1.807, 2.05) is 12.1 Å². The van der Waals surface area contributed by atoms with Crippen molar-refractivity contribution in [1.82, 2.24) is 10.2 Å². The summed E-state index contributed by atoms with van der Waals surface area (Å²) in [5.74, 6) is 0.916. The van der Waals surface area contributed by atoms with E-state index in [0.717, 1.165) is 18.8 Å². The molecule has 0 spiro atoms. The highest BCUT2D eigenvalue weighted by molar-refractivity contribution is 5.76. The topological polar surface area (TPSA) is 45.5 Å². The summed E-state index contributed by atoms with van der Waals surface area (Å²) in [6.07, 6.45) is 2.73. The summed E-state index contributed by atoms with van der Waals surface area (Å²) in [5.41, 5.74) is 2.50. The van der Waals surface area contributed by atoms with Gasteiger partial charge in [0, 0.05) is 19.4 Å². The summed E-state index contributed by atoms with van der Waals surface area (Å²) in [5, 5.41) is 3.09. The smallest absolute Gasteiger partial charge is 0.220 e. The molecule has 130 valence electrons. The lowest BCUT2D eigenvalue weighted by Crippen LogP contribution is -2.38.